The summed E-state index contributed by atoms with van der Waals surface area (Å²) in [6, 6.07) is 12.7. The lowest BCUT2D eigenvalue weighted by molar-refractivity contribution is 0.554. The normalized spacial score (nSPS) is 12.3. The molecule has 0 unspecified atom stereocenters. The van der Waals surface area contributed by atoms with Gasteiger partial charge in [-0.25, -0.2) is 0 Å². The minimum Gasteiger partial charge on any atom is -0.170 e. The highest BCUT2D eigenvalue weighted by Gasteiger charge is 2.02. The van der Waals surface area contributed by atoms with Gasteiger partial charge in [0, 0.05) is 5.56 Å². The van der Waals surface area contributed by atoms with E-state index in [0.717, 1.165) is 17.0 Å². The minimum absolute atomic E-state index is 0.569. The fraction of sp³-hybridized carbons (Fsp3) is 0. The maximum atomic E-state index is 12.2. The van der Waals surface area contributed by atoms with Crippen LogP contribution in [0.3, 0.4) is 0 Å². The first-order chi connectivity index (χ1) is 7.56. The van der Waals surface area contributed by atoms with Crippen molar-refractivity contribution in [3.05, 3.63) is 48.0 Å². The van der Waals surface area contributed by atoms with E-state index in [1.165, 1.54) is 0 Å². The van der Waals surface area contributed by atoms with E-state index in [1.54, 1.807) is 12.1 Å². The number of benzene rings is 2. The summed E-state index contributed by atoms with van der Waals surface area (Å²) in [7, 11) is -4.82. The molecule has 2 aromatic rings. The number of nitrogens with zero attached hydrogens (tertiary/aromatic N) is 1. The van der Waals surface area contributed by atoms with Gasteiger partial charge in [-0.3, -0.25) is 0 Å². The van der Waals surface area contributed by atoms with Crippen molar-refractivity contribution in [2.75, 3.05) is 0 Å². The number of rotatable bonds is 2. The van der Waals surface area contributed by atoms with Crippen molar-refractivity contribution >= 4 is 27.4 Å². The molecule has 0 saturated carbocycles. The molecule has 82 valence electrons. The average Bonchev–Trinajstić information content (AvgIpc) is 2.25. The molecule has 0 aliphatic carbocycles. The molecule has 0 atom stereocenters. The van der Waals surface area contributed by atoms with Crippen molar-refractivity contribution in [1.29, 1.82) is 0 Å². The van der Waals surface area contributed by atoms with Crippen LogP contribution in [0.25, 0.3) is 10.8 Å². The van der Waals surface area contributed by atoms with Crippen LogP contribution in [-0.4, -0.2) is 14.6 Å². The van der Waals surface area contributed by atoms with E-state index in [4.69, 9.17) is 0 Å². The monoisotopic (exact) mass is 237 g/mol. The topological polar surface area (TPSA) is 46.5 Å². The molecule has 0 amide bonds. The Kier molecular flexibility index (Phi) is 2.70. The number of hydrogen-bond donors (Lipinski definition) is 0. The summed E-state index contributed by atoms with van der Waals surface area (Å²) in [6.45, 7) is 0. The zero-order chi connectivity index (χ0) is 11.6. The Bertz CT molecular complexity index is 645. The Morgan fingerprint density at radius 2 is 1.75 bits per heavy atom. The molecule has 0 aromatic heterocycles. The first kappa shape index (κ1) is 10.8. The molecule has 0 radical (unpaired) electrons. The molecule has 0 heterocycles. The van der Waals surface area contributed by atoms with Crippen molar-refractivity contribution < 1.29 is 12.3 Å². The van der Waals surface area contributed by atoms with Gasteiger partial charge in [-0.1, -0.05) is 46.4 Å². The highest BCUT2D eigenvalue weighted by Crippen LogP contribution is 2.17. The molecule has 0 aliphatic heterocycles. The fourth-order valence-electron chi connectivity index (χ4n) is 1.48. The van der Waals surface area contributed by atoms with Gasteiger partial charge in [0.2, 0.25) is 0 Å². The minimum atomic E-state index is -4.82. The first-order valence-electron chi connectivity index (χ1n) is 4.54. The van der Waals surface area contributed by atoms with Crippen LogP contribution in [0.2, 0.25) is 0 Å². The predicted molar refractivity (Wildman–Crippen MR) is 61.6 cm³/mol. The van der Waals surface area contributed by atoms with Crippen LogP contribution in [0.5, 0.6) is 0 Å². The lowest BCUT2D eigenvalue weighted by Gasteiger charge is -2.00. The first-order valence-corrected chi connectivity index (χ1v) is 5.88. The zero-order valence-corrected chi connectivity index (χ0v) is 8.99. The Balaban J connectivity index is 2.57. The Morgan fingerprint density at radius 3 is 2.50 bits per heavy atom. The Labute approximate surface area is 92.6 Å². The third-order valence-electron chi connectivity index (χ3n) is 2.14. The highest BCUT2D eigenvalue weighted by molar-refractivity contribution is 7.85. The van der Waals surface area contributed by atoms with Gasteiger partial charge >= 0.3 is 10.4 Å². The summed E-state index contributed by atoms with van der Waals surface area (Å²) in [6.07, 6.45) is 1.01. The van der Waals surface area contributed by atoms with E-state index in [9.17, 15) is 12.3 Å². The van der Waals surface area contributed by atoms with Crippen molar-refractivity contribution in [3.63, 3.8) is 0 Å². The van der Waals surface area contributed by atoms with Crippen molar-refractivity contribution in [1.82, 2.24) is 0 Å². The second-order valence-electron chi connectivity index (χ2n) is 3.21. The lowest BCUT2D eigenvalue weighted by atomic mass is 10.1. The van der Waals surface area contributed by atoms with Crippen LogP contribution < -0.4 is 0 Å². The largest absolute Gasteiger partial charge is 0.417 e. The number of hydrogen-bond acceptors (Lipinski definition) is 2. The Hall–Kier alpha value is -1.75. The van der Waals surface area contributed by atoms with Gasteiger partial charge in [0.25, 0.3) is 0 Å². The molecule has 2 aromatic carbocycles. The van der Waals surface area contributed by atoms with E-state index >= 15 is 0 Å². The van der Waals surface area contributed by atoms with E-state index in [2.05, 4.69) is 4.40 Å². The molecule has 3 nitrogen and oxygen atoms in total. The number of fused-ring (bicyclic) bond motifs is 1. The molecule has 5 heteroatoms. The summed E-state index contributed by atoms with van der Waals surface area (Å²) >= 11 is 0. The summed E-state index contributed by atoms with van der Waals surface area (Å²) in [5.41, 5.74) is 0.569. The third-order valence-corrected chi connectivity index (χ3v) is 2.50. The summed E-state index contributed by atoms with van der Waals surface area (Å²) in [5, 5.41) is 1.78. The molecule has 0 N–H and O–H groups in total. The van der Waals surface area contributed by atoms with Crippen LogP contribution in [-0.2, 0) is 10.4 Å². The van der Waals surface area contributed by atoms with Crippen LogP contribution in [0.4, 0.5) is 3.89 Å². The maximum absolute atomic E-state index is 12.2. The molecule has 0 bridgehead atoms. The maximum Gasteiger partial charge on any atom is 0.417 e. The van der Waals surface area contributed by atoms with Crippen molar-refractivity contribution in [2.45, 2.75) is 0 Å². The number of halogens is 1. The van der Waals surface area contributed by atoms with Gasteiger partial charge in [-0.15, -0.1) is 4.40 Å². The summed E-state index contributed by atoms with van der Waals surface area (Å²) in [4.78, 5) is 0. The SMILES string of the molecule is O=S(=O)(F)/N=C/c1cccc2ccccc12. The van der Waals surface area contributed by atoms with Gasteiger partial charge < -0.3 is 0 Å². The van der Waals surface area contributed by atoms with Crippen LogP contribution in [0.1, 0.15) is 5.56 Å². The summed E-state index contributed by atoms with van der Waals surface area (Å²) in [5.74, 6) is 0. The quantitative estimate of drug-likeness (QED) is 0.595. The molecule has 0 aliphatic rings. The van der Waals surface area contributed by atoms with Crippen LogP contribution in [0, 0.1) is 0 Å². The second-order valence-corrected chi connectivity index (χ2v) is 4.25. The van der Waals surface area contributed by atoms with Gasteiger partial charge in [-0.2, -0.15) is 8.42 Å². The molecular weight excluding hydrogens is 229 g/mol. The molecule has 0 fully saturated rings. The van der Waals surface area contributed by atoms with E-state index in [-0.39, 0.29) is 0 Å². The predicted octanol–water partition coefficient (Wildman–Crippen LogP) is 2.47. The molecule has 0 spiro atoms. The smallest absolute Gasteiger partial charge is 0.170 e. The molecular formula is C11H8FNO2S. The lowest BCUT2D eigenvalue weighted by Crippen LogP contribution is -1.88. The van der Waals surface area contributed by atoms with Gasteiger partial charge in [-0.05, 0) is 10.8 Å². The standard InChI is InChI=1S/C11H8FNO2S/c12-16(14,15)13-8-10-6-3-5-9-4-1-2-7-11(9)10/h1-8H/b13-8+. The van der Waals surface area contributed by atoms with Crippen molar-refractivity contribution in [2.24, 2.45) is 4.40 Å². The van der Waals surface area contributed by atoms with E-state index < -0.39 is 10.4 Å². The van der Waals surface area contributed by atoms with Crippen molar-refractivity contribution in [3.8, 4) is 0 Å². The van der Waals surface area contributed by atoms with Gasteiger partial charge in [0.1, 0.15) is 0 Å². The zero-order valence-electron chi connectivity index (χ0n) is 8.17. The van der Waals surface area contributed by atoms with Gasteiger partial charge in [0.15, 0.2) is 0 Å². The van der Waals surface area contributed by atoms with E-state index in [1.807, 2.05) is 30.3 Å². The van der Waals surface area contributed by atoms with E-state index in [0.29, 0.717) is 5.56 Å². The molecule has 2 rings (SSSR count). The fourth-order valence-corrected chi connectivity index (χ4v) is 1.72. The van der Waals surface area contributed by atoms with Gasteiger partial charge in [0.05, 0.1) is 6.21 Å². The highest BCUT2D eigenvalue weighted by atomic mass is 32.3. The third kappa shape index (κ3) is 2.43. The van der Waals surface area contributed by atoms with Crippen LogP contribution in [0.15, 0.2) is 46.9 Å². The molecule has 0 saturated heterocycles. The van der Waals surface area contributed by atoms with Crippen LogP contribution >= 0.6 is 0 Å². The summed E-state index contributed by atoms with van der Waals surface area (Å²) < 4.78 is 35.7. The second kappa shape index (κ2) is 4.02. The molecule has 16 heavy (non-hydrogen) atoms. The average molecular weight is 237 g/mol. The Morgan fingerprint density at radius 1 is 1.06 bits per heavy atom.